The van der Waals surface area contributed by atoms with Crippen molar-refractivity contribution in [1.82, 2.24) is 10.3 Å². The summed E-state index contributed by atoms with van der Waals surface area (Å²) in [6, 6.07) is 27.1. The number of nitrogens with one attached hydrogen (secondary N) is 3. The molecule has 0 bridgehead atoms. The maximum absolute atomic E-state index is 13.6. The first kappa shape index (κ1) is 35.7. The molecule has 0 saturated heterocycles. The number of rotatable bonds is 13. The second-order valence-electron chi connectivity index (χ2n) is 11.0. The summed E-state index contributed by atoms with van der Waals surface area (Å²) >= 11 is 2.75. The number of hydrogen-bond acceptors (Lipinski definition) is 9. The lowest BCUT2D eigenvalue weighted by molar-refractivity contribution is -0.115. The van der Waals surface area contributed by atoms with E-state index in [-0.39, 0.29) is 11.6 Å². The summed E-state index contributed by atoms with van der Waals surface area (Å²) in [7, 11) is 4.49. The summed E-state index contributed by atoms with van der Waals surface area (Å²) < 4.78 is 16.3. The summed E-state index contributed by atoms with van der Waals surface area (Å²) in [5.74, 6) is -0.00409. The van der Waals surface area contributed by atoms with Crippen molar-refractivity contribution in [2.24, 2.45) is 0 Å². The molecule has 10 nitrogen and oxygen atoms in total. The van der Waals surface area contributed by atoms with Gasteiger partial charge in [0.2, 0.25) is 11.7 Å². The largest absolute Gasteiger partial charge is 0.493 e. The number of aryl methyl sites for hydroxylation is 1. The van der Waals surface area contributed by atoms with Gasteiger partial charge in [0.05, 0.1) is 32.3 Å². The van der Waals surface area contributed by atoms with Crippen LogP contribution < -0.4 is 30.2 Å². The zero-order chi connectivity index (χ0) is 35.6. The Morgan fingerprint density at radius 3 is 2.12 bits per heavy atom. The molecule has 0 aliphatic carbocycles. The number of ether oxygens (including phenoxy) is 3. The van der Waals surface area contributed by atoms with Crippen LogP contribution in [-0.2, 0) is 9.59 Å². The summed E-state index contributed by atoms with van der Waals surface area (Å²) in [5.41, 5.74) is 4.37. The zero-order valence-electron chi connectivity index (χ0n) is 28.1. The van der Waals surface area contributed by atoms with Gasteiger partial charge in [0.25, 0.3) is 11.8 Å². The lowest BCUT2D eigenvalue weighted by Crippen LogP contribution is -2.30. The number of thioether (sulfide) groups is 1. The van der Waals surface area contributed by atoms with E-state index in [1.165, 1.54) is 56.1 Å². The number of nitrogens with zero attached hydrogens (tertiary/aromatic N) is 1. The van der Waals surface area contributed by atoms with E-state index < -0.39 is 17.1 Å². The number of amides is 3. The molecular formula is C38H36N4O6S2. The fraction of sp³-hybridized carbons (Fsp3) is 0.158. The molecule has 3 N–H and O–H groups in total. The Hall–Kier alpha value is -5.59. The van der Waals surface area contributed by atoms with Gasteiger partial charge >= 0.3 is 0 Å². The highest BCUT2D eigenvalue weighted by molar-refractivity contribution is 8.00. The molecule has 3 amide bonds. The number of hydrogen-bond donors (Lipinski definition) is 3. The fourth-order valence-electron chi connectivity index (χ4n) is 4.76. The zero-order valence-corrected chi connectivity index (χ0v) is 29.7. The van der Waals surface area contributed by atoms with Crippen molar-refractivity contribution < 1.29 is 28.6 Å². The van der Waals surface area contributed by atoms with Gasteiger partial charge in [0.15, 0.2) is 16.6 Å². The molecule has 0 fully saturated rings. The third-order valence-corrected chi connectivity index (χ3v) is 9.27. The third-order valence-electron chi connectivity index (χ3n) is 7.40. The standard InChI is InChI=1S/C38H36N4O6S2/c1-23-11-13-26(14-12-23)31-22-49-38(41-31)42-35(43)24(2)50-29-17-15-28(16-18-29)39-37(45)30(40-36(44)27-9-7-6-8-10-27)19-25-20-32(46-3)34(48-5)33(21-25)47-4/h6-22,24H,1-5H3,(H,39,45)(H,40,44)(H,41,42,43)/b30-19-. The molecule has 0 saturated carbocycles. The van der Waals surface area contributed by atoms with Gasteiger partial charge in [0, 0.05) is 27.1 Å². The second-order valence-corrected chi connectivity index (χ2v) is 13.2. The number of anilines is 2. The van der Waals surface area contributed by atoms with E-state index in [0.717, 1.165) is 16.2 Å². The first-order valence-corrected chi connectivity index (χ1v) is 17.2. The highest BCUT2D eigenvalue weighted by Gasteiger charge is 2.19. The van der Waals surface area contributed by atoms with Crippen LogP contribution in [0.1, 0.15) is 28.4 Å². The van der Waals surface area contributed by atoms with Crippen LogP contribution in [0.3, 0.4) is 0 Å². The predicted octanol–water partition coefficient (Wildman–Crippen LogP) is 7.67. The normalized spacial score (nSPS) is 11.7. The molecule has 0 spiro atoms. The summed E-state index contributed by atoms with van der Waals surface area (Å²) in [4.78, 5) is 45.1. The second kappa shape index (κ2) is 16.7. The smallest absolute Gasteiger partial charge is 0.272 e. The van der Waals surface area contributed by atoms with Crippen LogP contribution in [0.15, 0.2) is 107 Å². The molecule has 1 unspecified atom stereocenters. The molecule has 12 heteroatoms. The van der Waals surface area contributed by atoms with Crippen molar-refractivity contribution in [3.05, 3.63) is 119 Å². The Balaban J connectivity index is 1.27. The van der Waals surface area contributed by atoms with E-state index >= 15 is 0 Å². The highest BCUT2D eigenvalue weighted by atomic mass is 32.2. The Bertz CT molecular complexity index is 1970. The van der Waals surface area contributed by atoms with Crippen LogP contribution in [0.25, 0.3) is 17.3 Å². The predicted molar refractivity (Wildman–Crippen MR) is 199 cm³/mol. The summed E-state index contributed by atoms with van der Waals surface area (Å²) in [6.45, 7) is 3.85. The van der Waals surface area contributed by atoms with Crippen molar-refractivity contribution in [1.29, 1.82) is 0 Å². The molecule has 0 aliphatic rings. The molecule has 1 heterocycles. The number of carbonyl (C=O) groups excluding carboxylic acids is 3. The van der Waals surface area contributed by atoms with Gasteiger partial charge < -0.3 is 30.2 Å². The van der Waals surface area contributed by atoms with Crippen molar-refractivity contribution >= 4 is 57.7 Å². The van der Waals surface area contributed by atoms with Gasteiger partial charge in [-0.1, -0.05) is 48.0 Å². The number of aromatic nitrogens is 1. The molecule has 256 valence electrons. The molecule has 0 radical (unpaired) electrons. The SMILES string of the molecule is COc1cc(/C=C(\NC(=O)c2ccccc2)C(=O)Nc2ccc(SC(C)C(=O)Nc3nc(-c4ccc(C)cc4)cs3)cc2)cc(OC)c1OC. The maximum atomic E-state index is 13.6. The van der Waals surface area contributed by atoms with Crippen LogP contribution >= 0.6 is 23.1 Å². The van der Waals surface area contributed by atoms with Gasteiger partial charge in [-0.3, -0.25) is 14.4 Å². The minimum Gasteiger partial charge on any atom is -0.493 e. The van der Waals surface area contributed by atoms with Crippen LogP contribution in [0.4, 0.5) is 10.8 Å². The van der Waals surface area contributed by atoms with Gasteiger partial charge in [-0.05, 0) is 74.0 Å². The van der Waals surface area contributed by atoms with Crippen molar-refractivity contribution in [2.45, 2.75) is 24.0 Å². The van der Waals surface area contributed by atoms with Gasteiger partial charge in [0.1, 0.15) is 5.70 Å². The van der Waals surface area contributed by atoms with E-state index in [0.29, 0.717) is 39.2 Å². The summed E-state index contributed by atoms with van der Waals surface area (Å²) in [6.07, 6.45) is 1.53. The van der Waals surface area contributed by atoms with E-state index in [4.69, 9.17) is 14.2 Å². The number of methoxy groups -OCH3 is 3. The first-order valence-electron chi connectivity index (χ1n) is 15.5. The lowest BCUT2D eigenvalue weighted by atomic mass is 10.1. The average Bonchev–Trinajstić information content (AvgIpc) is 3.60. The first-order chi connectivity index (χ1) is 24.2. The quantitative estimate of drug-likeness (QED) is 0.0840. The Labute approximate surface area is 298 Å². The Morgan fingerprint density at radius 1 is 0.840 bits per heavy atom. The summed E-state index contributed by atoms with van der Waals surface area (Å²) in [5, 5.41) is 10.5. The van der Waals surface area contributed by atoms with E-state index in [1.54, 1.807) is 54.6 Å². The van der Waals surface area contributed by atoms with Gasteiger partial charge in [-0.2, -0.15) is 0 Å². The number of thiazole rings is 1. The molecule has 1 atom stereocenters. The topological polar surface area (TPSA) is 128 Å². The van der Waals surface area contributed by atoms with Crippen LogP contribution in [-0.4, -0.2) is 49.3 Å². The molecule has 0 aliphatic heterocycles. The Kier molecular flexibility index (Phi) is 11.9. The number of carbonyl (C=O) groups is 3. The Morgan fingerprint density at radius 2 is 1.50 bits per heavy atom. The fourth-order valence-corrected chi connectivity index (χ4v) is 6.35. The highest BCUT2D eigenvalue weighted by Crippen LogP contribution is 2.39. The molecule has 50 heavy (non-hydrogen) atoms. The molecular weight excluding hydrogens is 673 g/mol. The monoisotopic (exact) mass is 708 g/mol. The van der Waals surface area contributed by atoms with Crippen molar-refractivity contribution in [2.75, 3.05) is 32.0 Å². The average molecular weight is 709 g/mol. The van der Waals surface area contributed by atoms with E-state index in [9.17, 15) is 14.4 Å². The maximum Gasteiger partial charge on any atom is 0.272 e. The molecule has 1 aromatic heterocycles. The minimum atomic E-state index is -0.551. The van der Waals surface area contributed by atoms with E-state index in [1.807, 2.05) is 55.6 Å². The van der Waals surface area contributed by atoms with E-state index in [2.05, 4.69) is 20.9 Å². The van der Waals surface area contributed by atoms with Gasteiger partial charge in [-0.15, -0.1) is 23.1 Å². The van der Waals surface area contributed by atoms with Crippen LogP contribution in [0.2, 0.25) is 0 Å². The van der Waals surface area contributed by atoms with Crippen LogP contribution in [0.5, 0.6) is 17.2 Å². The van der Waals surface area contributed by atoms with Gasteiger partial charge in [-0.25, -0.2) is 4.98 Å². The van der Waals surface area contributed by atoms with Crippen molar-refractivity contribution in [3.8, 4) is 28.5 Å². The van der Waals surface area contributed by atoms with Crippen LogP contribution in [0, 0.1) is 6.92 Å². The molecule has 5 aromatic rings. The number of benzene rings is 4. The lowest BCUT2D eigenvalue weighted by Gasteiger charge is -2.15. The third kappa shape index (κ3) is 9.10. The molecule has 4 aromatic carbocycles. The van der Waals surface area contributed by atoms with Crippen molar-refractivity contribution in [3.63, 3.8) is 0 Å². The minimum absolute atomic E-state index is 0.00964. The molecule has 5 rings (SSSR count).